The molecule has 0 saturated carbocycles. The molecule has 7 heteroatoms. The zero-order chi connectivity index (χ0) is 14.8. The fourth-order valence-electron chi connectivity index (χ4n) is 1.92. The third-order valence-electron chi connectivity index (χ3n) is 2.79. The lowest BCUT2D eigenvalue weighted by Crippen LogP contribution is -2.17. The number of ether oxygens (including phenoxy) is 1. The fourth-order valence-corrected chi connectivity index (χ4v) is 1.92. The number of rotatable bonds is 3. The van der Waals surface area contributed by atoms with Crippen LogP contribution in [0.4, 0.5) is 13.2 Å². The summed E-state index contributed by atoms with van der Waals surface area (Å²) in [5.74, 6) is -0.667. The van der Waals surface area contributed by atoms with E-state index in [1.54, 1.807) is 6.92 Å². The molecule has 0 spiro atoms. The van der Waals surface area contributed by atoms with Crippen LogP contribution in [0, 0.1) is 0 Å². The quantitative estimate of drug-likeness (QED) is 0.803. The summed E-state index contributed by atoms with van der Waals surface area (Å²) in [6.45, 7) is 1.80. The molecule has 0 radical (unpaired) electrons. The van der Waals surface area contributed by atoms with Gasteiger partial charge in [0, 0.05) is 12.0 Å². The Labute approximate surface area is 113 Å². The molecular weight excluding hydrogens is 275 g/mol. The van der Waals surface area contributed by atoms with Crippen LogP contribution in [0.15, 0.2) is 29.4 Å². The van der Waals surface area contributed by atoms with Gasteiger partial charge in [0.05, 0.1) is 12.2 Å². The first-order valence-corrected chi connectivity index (χ1v) is 5.99. The van der Waals surface area contributed by atoms with E-state index in [1.807, 2.05) is 0 Å². The first kappa shape index (κ1) is 14.4. The van der Waals surface area contributed by atoms with Crippen LogP contribution in [0.2, 0.25) is 0 Å². The number of esters is 1. The van der Waals surface area contributed by atoms with Gasteiger partial charge in [0.25, 0.3) is 0 Å². The van der Waals surface area contributed by atoms with Crippen molar-refractivity contribution in [3.05, 3.63) is 35.4 Å². The number of hydrogen-bond donors (Lipinski definition) is 0. The Morgan fingerprint density at radius 2 is 2.15 bits per heavy atom. The van der Waals surface area contributed by atoms with Gasteiger partial charge in [0.1, 0.15) is 0 Å². The van der Waals surface area contributed by atoms with E-state index >= 15 is 0 Å². The molecule has 0 saturated heterocycles. The summed E-state index contributed by atoms with van der Waals surface area (Å²) in [7, 11) is 0. The van der Waals surface area contributed by atoms with E-state index in [1.165, 1.54) is 18.2 Å². The zero-order valence-corrected chi connectivity index (χ0v) is 10.6. The van der Waals surface area contributed by atoms with Gasteiger partial charge in [0.2, 0.25) is 0 Å². The van der Waals surface area contributed by atoms with Crippen molar-refractivity contribution in [2.24, 2.45) is 5.16 Å². The standard InChI is InChI=1S/C13H12F3NO3/c1-2-19-12(18)10-7-11(20-17-10)8-5-3-4-6-9(8)13(14,15)16/h3-6,11H,2,7H2,1H3. The number of carbonyl (C=O) groups excluding carboxylic acids is 1. The van der Waals surface area contributed by atoms with E-state index in [2.05, 4.69) is 5.16 Å². The maximum absolute atomic E-state index is 12.9. The van der Waals surface area contributed by atoms with E-state index < -0.39 is 23.8 Å². The van der Waals surface area contributed by atoms with Crippen molar-refractivity contribution in [1.29, 1.82) is 0 Å². The molecule has 1 aliphatic rings. The molecule has 1 aliphatic heterocycles. The van der Waals surface area contributed by atoms with Crippen LogP contribution < -0.4 is 0 Å². The molecule has 1 unspecified atom stereocenters. The van der Waals surface area contributed by atoms with E-state index in [0.29, 0.717) is 0 Å². The smallest absolute Gasteiger partial charge is 0.416 e. The molecule has 1 atom stereocenters. The molecule has 0 fully saturated rings. The minimum atomic E-state index is -4.48. The lowest BCUT2D eigenvalue weighted by atomic mass is 9.98. The highest BCUT2D eigenvalue weighted by Gasteiger charge is 2.38. The van der Waals surface area contributed by atoms with Crippen LogP contribution in [0.5, 0.6) is 0 Å². The molecule has 20 heavy (non-hydrogen) atoms. The average molecular weight is 287 g/mol. The van der Waals surface area contributed by atoms with E-state index in [9.17, 15) is 18.0 Å². The van der Waals surface area contributed by atoms with Gasteiger partial charge in [-0.1, -0.05) is 23.4 Å². The van der Waals surface area contributed by atoms with Crippen LogP contribution in [-0.4, -0.2) is 18.3 Å². The third kappa shape index (κ3) is 2.92. The van der Waals surface area contributed by atoms with Crippen molar-refractivity contribution in [2.75, 3.05) is 6.61 Å². The normalized spacial score (nSPS) is 18.4. The largest absolute Gasteiger partial charge is 0.461 e. The number of oxime groups is 1. The molecule has 108 valence electrons. The molecule has 0 aliphatic carbocycles. The van der Waals surface area contributed by atoms with Crippen LogP contribution >= 0.6 is 0 Å². The Balaban J connectivity index is 2.19. The molecule has 4 nitrogen and oxygen atoms in total. The van der Waals surface area contributed by atoms with Crippen molar-refractivity contribution < 1.29 is 27.5 Å². The minimum Gasteiger partial charge on any atom is -0.461 e. The highest BCUT2D eigenvalue weighted by atomic mass is 19.4. The lowest BCUT2D eigenvalue weighted by Gasteiger charge is -2.15. The summed E-state index contributed by atoms with van der Waals surface area (Å²) in [6, 6.07) is 5.07. The summed E-state index contributed by atoms with van der Waals surface area (Å²) in [4.78, 5) is 16.4. The Morgan fingerprint density at radius 1 is 1.45 bits per heavy atom. The zero-order valence-electron chi connectivity index (χ0n) is 10.6. The maximum atomic E-state index is 12.9. The van der Waals surface area contributed by atoms with Crippen LogP contribution in [0.3, 0.4) is 0 Å². The molecule has 0 aromatic heterocycles. The first-order chi connectivity index (χ1) is 9.43. The van der Waals surface area contributed by atoms with E-state index in [-0.39, 0.29) is 24.3 Å². The Morgan fingerprint density at radius 3 is 2.80 bits per heavy atom. The van der Waals surface area contributed by atoms with Crippen LogP contribution in [0.1, 0.15) is 30.6 Å². The van der Waals surface area contributed by atoms with Gasteiger partial charge >= 0.3 is 12.1 Å². The Hall–Kier alpha value is -2.05. The van der Waals surface area contributed by atoms with Crippen molar-refractivity contribution in [3.8, 4) is 0 Å². The van der Waals surface area contributed by atoms with Gasteiger partial charge in [-0.25, -0.2) is 4.79 Å². The summed E-state index contributed by atoms with van der Waals surface area (Å²) < 4.78 is 43.4. The van der Waals surface area contributed by atoms with Gasteiger partial charge in [0.15, 0.2) is 11.8 Å². The van der Waals surface area contributed by atoms with E-state index in [0.717, 1.165) is 6.07 Å². The average Bonchev–Trinajstić information content (AvgIpc) is 2.87. The van der Waals surface area contributed by atoms with Gasteiger partial charge < -0.3 is 9.57 Å². The second-order valence-electron chi connectivity index (χ2n) is 4.14. The summed E-state index contributed by atoms with van der Waals surface area (Å²) >= 11 is 0. The maximum Gasteiger partial charge on any atom is 0.416 e. The van der Waals surface area contributed by atoms with Crippen molar-refractivity contribution in [2.45, 2.75) is 25.6 Å². The number of hydrogen-bond acceptors (Lipinski definition) is 4. The molecule has 2 rings (SSSR count). The van der Waals surface area contributed by atoms with Crippen LogP contribution in [0.25, 0.3) is 0 Å². The summed E-state index contributed by atoms with van der Waals surface area (Å²) in [6.07, 6.45) is -5.44. The van der Waals surface area contributed by atoms with Crippen LogP contribution in [-0.2, 0) is 20.5 Å². The first-order valence-electron chi connectivity index (χ1n) is 5.99. The second kappa shape index (κ2) is 5.52. The lowest BCUT2D eigenvalue weighted by molar-refractivity contribution is -0.139. The van der Waals surface area contributed by atoms with Crippen molar-refractivity contribution in [3.63, 3.8) is 0 Å². The second-order valence-corrected chi connectivity index (χ2v) is 4.14. The summed E-state index contributed by atoms with van der Waals surface area (Å²) in [5, 5.41) is 3.51. The molecule has 1 aromatic carbocycles. The topological polar surface area (TPSA) is 47.9 Å². The SMILES string of the molecule is CCOC(=O)C1=NOC(c2ccccc2C(F)(F)F)C1. The van der Waals surface area contributed by atoms with Crippen molar-refractivity contribution in [1.82, 2.24) is 0 Å². The molecule has 1 heterocycles. The number of benzene rings is 1. The predicted molar refractivity (Wildman–Crippen MR) is 64.0 cm³/mol. The fraction of sp³-hybridized carbons (Fsp3) is 0.385. The van der Waals surface area contributed by atoms with E-state index in [4.69, 9.17) is 9.57 Å². The van der Waals surface area contributed by atoms with Gasteiger partial charge in [-0.15, -0.1) is 0 Å². The van der Waals surface area contributed by atoms with Gasteiger partial charge in [-0.2, -0.15) is 13.2 Å². The highest BCUT2D eigenvalue weighted by molar-refractivity contribution is 6.36. The highest BCUT2D eigenvalue weighted by Crippen LogP contribution is 2.38. The Bertz CT molecular complexity index is 540. The molecular formula is C13H12F3NO3. The Kier molecular flexibility index (Phi) is 3.96. The molecule has 1 aromatic rings. The molecule has 0 N–H and O–H groups in total. The van der Waals surface area contributed by atoms with Gasteiger partial charge in [-0.3, -0.25) is 0 Å². The predicted octanol–water partition coefficient (Wildman–Crippen LogP) is 3.09. The monoisotopic (exact) mass is 287 g/mol. The molecule has 0 amide bonds. The summed E-state index contributed by atoms with van der Waals surface area (Å²) in [5.41, 5.74) is -0.831. The molecule has 0 bridgehead atoms. The number of halogens is 3. The number of carbonyl (C=O) groups is 1. The number of nitrogens with zero attached hydrogens (tertiary/aromatic N) is 1. The third-order valence-corrected chi connectivity index (χ3v) is 2.79. The number of alkyl halides is 3. The van der Waals surface area contributed by atoms with Crippen molar-refractivity contribution >= 4 is 11.7 Å². The minimum absolute atomic E-state index is 0.00572. The van der Waals surface area contributed by atoms with Gasteiger partial charge in [-0.05, 0) is 13.0 Å².